The predicted octanol–water partition coefficient (Wildman–Crippen LogP) is 4.30. The Labute approximate surface area is 107 Å². The van der Waals surface area contributed by atoms with Gasteiger partial charge in [-0.15, -0.1) is 0 Å². The molecule has 0 bridgehead atoms. The van der Waals surface area contributed by atoms with Crippen LogP contribution in [-0.4, -0.2) is 0 Å². The minimum Gasteiger partial charge on any atom is -0.456 e. The molecule has 0 aromatic heterocycles. The van der Waals surface area contributed by atoms with Crippen LogP contribution in [0.1, 0.15) is 16.7 Å². The number of nitrogens with zero attached hydrogens (tertiary/aromatic N) is 1. The van der Waals surface area contributed by atoms with E-state index in [0.717, 1.165) is 16.9 Å². The van der Waals surface area contributed by atoms with Crippen molar-refractivity contribution < 1.29 is 4.74 Å². The maximum Gasteiger partial charge on any atom is 0.145 e. The van der Waals surface area contributed by atoms with Crippen molar-refractivity contribution in [2.24, 2.45) is 0 Å². The van der Waals surface area contributed by atoms with Crippen LogP contribution >= 0.6 is 0 Å². The van der Waals surface area contributed by atoms with E-state index in [1.165, 1.54) is 0 Å². The molecule has 2 heteroatoms. The van der Waals surface area contributed by atoms with Gasteiger partial charge in [0, 0.05) is 0 Å². The molecule has 2 nitrogen and oxygen atoms in total. The van der Waals surface area contributed by atoms with Gasteiger partial charge in [-0.1, -0.05) is 30.9 Å². The van der Waals surface area contributed by atoms with Crippen molar-refractivity contribution in [3.8, 4) is 17.6 Å². The summed E-state index contributed by atoms with van der Waals surface area (Å²) < 4.78 is 5.72. The molecule has 0 aliphatic carbocycles. The van der Waals surface area contributed by atoms with Crippen LogP contribution in [-0.2, 0) is 0 Å². The first-order chi connectivity index (χ1) is 8.72. The lowest BCUT2D eigenvalue weighted by molar-refractivity contribution is 0.480. The lowest BCUT2D eigenvalue weighted by Gasteiger charge is -2.08. The van der Waals surface area contributed by atoms with Gasteiger partial charge in [0.05, 0.1) is 5.56 Å². The third-order valence-electron chi connectivity index (χ3n) is 2.58. The molecular weight excluding hydrogens is 222 g/mol. The van der Waals surface area contributed by atoms with E-state index in [1.807, 2.05) is 37.3 Å². The van der Waals surface area contributed by atoms with Crippen LogP contribution < -0.4 is 4.74 Å². The van der Waals surface area contributed by atoms with Crippen molar-refractivity contribution >= 4 is 6.08 Å². The van der Waals surface area contributed by atoms with E-state index in [4.69, 9.17) is 10.00 Å². The molecule has 0 heterocycles. The van der Waals surface area contributed by atoms with Crippen molar-refractivity contribution in [1.82, 2.24) is 0 Å². The van der Waals surface area contributed by atoms with E-state index in [0.29, 0.717) is 11.3 Å². The molecule has 0 spiro atoms. The summed E-state index contributed by atoms with van der Waals surface area (Å²) in [6, 6.07) is 15.3. The summed E-state index contributed by atoms with van der Waals surface area (Å²) >= 11 is 0. The SMILES string of the molecule is C=Cc1ccc(Oc2cccc(C)c2)c(C#N)c1. The van der Waals surface area contributed by atoms with E-state index in [1.54, 1.807) is 18.2 Å². The molecular formula is C16H13NO. The summed E-state index contributed by atoms with van der Waals surface area (Å²) in [6.45, 7) is 5.68. The summed E-state index contributed by atoms with van der Waals surface area (Å²) in [5, 5.41) is 9.11. The average molecular weight is 235 g/mol. The highest BCUT2D eigenvalue weighted by Gasteiger charge is 2.05. The van der Waals surface area contributed by atoms with Crippen LogP contribution in [0.5, 0.6) is 11.5 Å². The third-order valence-corrected chi connectivity index (χ3v) is 2.58. The number of benzene rings is 2. The number of hydrogen-bond acceptors (Lipinski definition) is 2. The van der Waals surface area contributed by atoms with Crippen molar-refractivity contribution in [2.45, 2.75) is 6.92 Å². The summed E-state index contributed by atoms with van der Waals surface area (Å²) in [5.74, 6) is 1.30. The van der Waals surface area contributed by atoms with Gasteiger partial charge in [-0.05, 0) is 42.3 Å². The first kappa shape index (κ1) is 11.9. The molecule has 0 amide bonds. The van der Waals surface area contributed by atoms with Gasteiger partial charge in [-0.3, -0.25) is 0 Å². The Kier molecular flexibility index (Phi) is 3.45. The highest BCUT2D eigenvalue weighted by molar-refractivity contribution is 5.56. The normalized spacial score (nSPS) is 9.56. The standard InChI is InChI=1S/C16H13NO/c1-3-13-7-8-16(14(10-13)11-17)18-15-6-4-5-12(2)9-15/h3-10H,1H2,2H3. The summed E-state index contributed by atoms with van der Waals surface area (Å²) in [6.07, 6.45) is 1.71. The van der Waals surface area contributed by atoms with Crippen LogP contribution in [0.25, 0.3) is 6.08 Å². The first-order valence-electron chi connectivity index (χ1n) is 5.64. The Morgan fingerprint density at radius 1 is 1.22 bits per heavy atom. The van der Waals surface area contributed by atoms with Gasteiger partial charge >= 0.3 is 0 Å². The highest BCUT2D eigenvalue weighted by atomic mass is 16.5. The Morgan fingerprint density at radius 2 is 2.06 bits per heavy atom. The topological polar surface area (TPSA) is 33.0 Å². The number of hydrogen-bond donors (Lipinski definition) is 0. The van der Waals surface area contributed by atoms with Crippen LogP contribution in [0, 0.1) is 18.3 Å². The second kappa shape index (κ2) is 5.20. The lowest BCUT2D eigenvalue weighted by atomic mass is 10.1. The maximum absolute atomic E-state index is 9.11. The summed E-state index contributed by atoms with van der Waals surface area (Å²) in [7, 11) is 0. The molecule has 88 valence electrons. The zero-order chi connectivity index (χ0) is 13.0. The third kappa shape index (κ3) is 2.58. The van der Waals surface area contributed by atoms with Crippen LogP contribution in [0.3, 0.4) is 0 Å². The monoisotopic (exact) mass is 235 g/mol. The van der Waals surface area contributed by atoms with Gasteiger partial charge in [0.15, 0.2) is 0 Å². The van der Waals surface area contributed by atoms with E-state index in [9.17, 15) is 0 Å². The molecule has 2 aromatic rings. The second-order valence-electron chi connectivity index (χ2n) is 3.99. The Bertz CT molecular complexity index is 623. The molecule has 18 heavy (non-hydrogen) atoms. The maximum atomic E-state index is 9.11. The van der Waals surface area contributed by atoms with Crippen molar-refractivity contribution in [1.29, 1.82) is 5.26 Å². The van der Waals surface area contributed by atoms with E-state index >= 15 is 0 Å². The number of ether oxygens (including phenoxy) is 1. The molecule has 0 atom stereocenters. The fraction of sp³-hybridized carbons (Fsp3) is 0.0625. The largest absolute Gasteiger partial charge is 0.456 e. The van der Waals surface area contributed by atoms with Crippen LogP contribution in [0.4, 0.5) is 0 Å². The molecule has 2 aromatic carbocycles. The summed E-state index contributed by atoms with van der Waals surface area (Å²) in [4.78, 5) is 0. The number of nitriles is 1. The minimum atomic E-state index is 0.508. The molecule has 0 aliphatic rings. The smallest absolute Gasteiger partial charge is 0.145 e. The number of rotatable bonds is 3. The zero-order valence-electron chi connectivity index (χ0n) is 10.2. The molecule has 0 aliphatic heterocycles. The molecule has 0 fully saturated rings. The van der Waals surface area contributed by atoms with Gasteiger partial charge < -0.3 is 4.74 Å². The van der Waals surface area contributed by atoms with Gasteiger partial charge in [0.25, 0.3) is 0 Å². The molecule has 0 saturated heterocycles. The van der Waals surface area contributed by atoms with Gasteiger partial charge in [0.2, 0.25) is 0 Å². The average Bonchev–Trinajstić information content (AvgIpc) is 2.39. The number of aryl methyl sites for hydroxylation is 1. The quantitative estimate of drug-likeness (QED) is 0.794. The molecule has 0 radical (unpaired) electrons. The fourth-order valence-electron chi connectivity index (χ4n) is 1.66. The fourth-order valence-corrected chi connectivity index (χ4v) is 1.66. The van der Waals surface area contributed by atoms with Gasteiger partial charge in [0.1, 0.15) is 17.6 Å². The van der Waals surface area contributed by atoms with Crippen molar-refractivity contribution in [3.05, 3.63) is 65.7 Å². The molecule has 0 unspecified atom stereocenters. The van der Waals surface area contributed by atoms with E-state index in [2.05, 4.69) is 12.6 Å². The van der Waals surface area contributed by atoms with Gasteiger partial charge in [-0.25, -0.2) is 0 Å². The van der Waals surface area contributed by atoms with Crippen molar-refractivity contribution in [3.63, 3.8) is 0 Å². The molecule has 0 saturated carbocycles. The Balaban J connectivity index is 2.35. The second-order valence-corrected chi connectivity index (χ2v) is 3.99. The summed E-state index contributed by atoms with van der Waals surface area (Å²) in [5.41, 5.74) is 2.53. The van der Waals surface area contributed by atoms with Crippen LogP contribution in [0.2, 0.25) is 0 Å². The Morgan fingerprint density at radius 3 is 2.72 bits per heavy atom. The minimum absolute atomic E-state index is 0.508. The Hall–Kier alpha value is -2.53. The van der Waals surface area contributed by atoms with Gasteiger partial charge in [-0.2, -0.15) is 5.26 Å². The first-order valence-corrected chi connectivity index (χ1v) is 5.64. The highest BCUT2D eigenvalue weighted by Crippen LogP contribution is 2.26. The van der Waals surface area contributed by atoms with Crippen LogP contribution in [0.15, 0.2) is 49.0 Å². The van der Waals surface area contributed by atoms with E-state index in [-0.39, 0.29) is 0 Å². The van der Waals surface area contributed by atoms with E-state index < -0.39 is 0 Å². The van der Waals surface area contributed by atoms with Crippen molar-refractivity contribution in [2.75, 3.05) is 0 Å². The lowest BCUT2D eigenvalue weighted by Crippen LogP contribution is -1.89. The molecule has 0 N–H and O–H groups in total. The molecule has 2 rings (SSSR count). The predicted molar refractivity (Wildman–Crippen MR) is 72.5 cm³/mol. The zero-order valence-corrected chi connectivity index (χ0v) is 10.2.